The van der Waals surface area contributed by atoms with Crippen LogP contribution in [0.1, 0.15) is 47.2 Å². The topological polar surface area (TPSA) is 102 Å². The largest absolute Gasteiger partial charge is 0.479 e. The van der Waals surface area contributed by atoms with Gasteiger partial charge in [0, 0.05) is 43.7 Å². The summed E-state index contributed by atoms with van der Waals surface area (Å²) in [5, 5.41) is 12.8. The molecule has 3 heterocycles. The molecule has 0 aromatic heterocycles. The molecule has 9 nitrogen and oxygen atoms in total. The van der Waals surface area contributed by atoms with Gasteiger partial charge < -0.3 is 29.9 Å². The van der Waals surface area contributed by atoms with Gasteiger partial charge in [0.2, 0.25) is 0 Å². The highest BCUT2D eigenvalue weighted by Gasteiger charge is 2.43. The van der Waals surface area contributed by atoms with E-state index >= 15 is 0 Å². The third-order valence-corrected chi connectivity index (χ3v) is 9.97. The molecule has 3 aliphatic rings. The van der Waals surface area contributed by atoms with Gasteiger partial charge in [-0.2, -0.15) is 0 Å². The standard InChI is InChI=1S/C36H42N4O5/c41-32(28-10-4-1-5-11-28)40-23-17-35(27-40,29-12-6-2-7-13-29)16-20-38-21-18-36(19-22-38,30-14-8-3-9-15-30)37-34(44)39-24-25-45-31(26-39)33(42)43/h1-15,31H,16-27H2,(H,37,44)(H,42,43). The average molecular weight is 611 g/mol. The Morgan fingerprint density at radius 3 is 2.04 bits per heavy atom. The molecule has 3 saturated heterocycles. The summed E-state index contributed by atoms with van der Waals surface area (Å²) in [6.07, 6.45) is 2.33. The van der Waals surface area contributed by atoms with E-state index < -0.39 is 17.6 Å². The van der Waals surface area contributed by atoms with Gasteiger partial charge in [0.05, 0.1) is 18.7 Å². The molecule has 3 aliphatic heterocycles. The van der Waals surface area contributed by atoms with Crippen LogP contribution in [-0.4, -0.2) is 96.2 Å². The van der Waals surface area contributed by atoms with E-state index in [4.69, 9.17) is 4.74 Å². The number of aliphatic carboxylic acids is 1. The van der Waals surface area contributed by atoms with Crippen molar-refractivity contribution in [2.24, 2.45) is 0 Å². The SMILES string of the molecule is O=C(O)C1CN(C(=O)NC2(c3ccccc3)CCN(CCC3(c4ccccc4)CCN(C(=O)c4ccccc4)C3)CC2)CCO1. The number of piperidine rings is 1. The molecule has 2 unspecified atom stereocenters. The quantitative estimate of drug-likeness (QED) is 0.394. The number of urea groups is 1. The molecule has 0 saturated carbocycles. The third-order valence-electron chi connectivity index (χ3n) is 9.97. The van der Waals surface area contributed by atoms with Gasteiger partial charge in [-0.25, -0.2) is 9.59 Å². The second-order valence-corrected chi connectivity index (χ2v) is 12.6. The monoisotopic (exact) mass is 610 g/mol. The van der Waals surface area contributed by atoms with Crippen LogP contribution in [0.25, 0.3) is 0 Å². The normalized spacial score (nSPS) is 23.4. The van der Waals surface area contributed by atoms with E-state index in [1.165, 1.54) is 5.56 Å². The van der Waals surface area contributed by atoms with E-state index in [0.29, 0.717) is 13.1 Å². The fraction of sp³-hybridized carbons (Fsp3) is 0.417. The van der Waals surface area contributed by atoms with Gasteiger partial charge in [0.1, 0.15) is 0 Å². The van der Waals surface area contributed by atoms with E-state index in [9.17, 15) is 19.5 Å². The summed E-state index contributed by atoms with van der Waals surface area (Å²) in [7, 11) is 0. The molecule has 6 rings (SSSR count). The first-order chi connectivity index (χ1) is 21.9. The maximum absolute atomic E-state index is 13.5. The van der Waals surface area contributed by atoms with Gasteiger partial charge in [-0.05, 0) is 55.5 Å². The van der Waals surface area contributed by atoms with Gasteiger partial charge in [-0.15, -0.1) is 0 Å². The lowest BCUT2D eigenvalue weighted by molar-refractivity contribution is -0.154. The molecule has 3 aromatic carbocycles. The Morgan fingerprint density at radius 2 is 1.40 bits per heavy atom. The van der Waals surface area contributed by atoms with Crippen molar-refractivity contribution in [3.8, 4) is 0 Å². The Morgan fingerprint density at radius 1 is 0.778 bits per heavy atom. The van der Waals surface area contributed by atoms with Gasteiger partial charge in [0.25, 0.3) is 5.91 Å². The van der Waals surface area contributed by atoms with Gasteiger partial charge in [-0.1, -0.05) is 78.9 Å². The number of nitrogens with zero attached hydrogens (tertiary/aromatic N) is 3. The number of nitrogens with one attached hydrogen (secondary N) is 1. The van der Waals surface area contributed by atoms with Crippen LogP contribution in [0, 0.1) is 0 Å². The van der Waals surface area contributed by atoms with Gasteiger partial charge >= 0.3 is 12.0 Å². The molecule has 3 aromatic rings. The highest BCUT2D eigenvalue weighted by molar-refractivity contribution is 5.94. The summed E-state index contributed by atoms with van der Waals surface area (Å²) < 4.78 is 5.34. The summed E-state index contributed by atoms with van der Waals surface area (Å²) in [6, 6.07) is 30.0. The van der Waals surface area contributed by atoms with Crippen LogP contribution in [0.5, 0.6) is 0 Å². The maximum Gasteiger partial charge on any atom is 0.334 e. The van der Waals surface area contributed by atoms with E-state index in [1.54, 1.807) is 4.90 Å². The molecule has 0 bridgehead atoms. The minimum Gasteiger partial charge on any atom is -0.479 e. The second kappa shape index (κ2) is 13.4. The lowest BCUT2D eigenvalue weighted by atomic mass is 9.76. The van der Waals surface area contributed by atoms with Crippen molar-refractivity contribution in [2.45, 2.75) is 42.7 Å². The van der Waals surface area contributed by atoms with Crippen molar-refractivity contribution in [3.05, 3.63) is 108 Å². The number of benzene rings is 3. The van der Waals surface area contributed by atoms with Crippen LogP contribution in [0.2, 0.25) is 0 Å². The first-order valence-electron chi connectivity index (χ1n) is 16.0. The smallest absolute Gasteiger partial charge is 0.334 e. The number of amides is 3. The lowest BCUT2D eigenvalue weighted by Crippen LogP contribution is -2.59. The summed E-state index contributed by atoms with van der Waals surface area (Å²) in [5.41, 5.74) is 2.40. The Bertz CT molecular complexity index is 1460. The number of hydrogen-bond donors (Lipinski definition) is 2. The van der Waals surface area contributed by atoms with Crippen LogP contribution < -0.4 is 5.32 Å². The summed E-state index contributed by atoms with van der Waals surface area (Å²) in [5.74, 6) is -0.966. The van der Waals surface area contributed by atoms with E-state index in [2.05, 4.69) is 46.6 Å². The fourth-order valence-corrected chi connectivity index (χ4v) is 7.23. The van der Waals surface area contributed by atoms with Crippen LogP contribution in [0.4, 0.5) is 4.79 Å². The number of hydrogen-bond acceptors (Lipinski definition) is 5. The zero-order chi connectivity index (χ0) is 31.3. The van der Waals surface area contributed by atoms with Crippen molar-refractivity contribution in [2.75, 3.05) is 52.4 Å². The summed E-state index contributed by atoms with van der Waals surface area (Å²) in [4.78, 5) is 44.4. The fourth-order valence-electron chi connectivity index (χ4n) is 7.23. The molecule has 9 heteroatoms. The third kappa shape index (κ3) is 6.74. The minimum atomic E-state index is -1.05. The molecule has 236 valence electrons. The predicted octanol–water partition coefficient (Wildman–Crippen LogP) is 4.35. The van der Waals surface area contributed by atoms with Gasteiger partial charge in [-0.3, -0.25) is 4.79 Å². The van der Waals surface area contributed by atoms with E-state index in [-0.39, 0.29) is 30.5 Å². The highest BCUT2D eigenvalue weighted by atomic mass is 16.5. The van der Waals surface area contributed by atoms with Crippen molar-refractivity contribution in [1.82, 2.24) is 20.0 Å². The number of carboxylic acid groups (broad SMARTS) is 1. The summed E-state index contributed by atoms with van der Waals surface area (Å²) in [6.45, 7) is 4.54. The van der Waals surface area contributed by atoms with Crippen molar-refractivity contribution in [3.63, 3.8) is 0 Å². The molecular formula is C36H42N4O5. The zero-order valence-corrected chi connectivity index (χ0v) is 25.6. The summed E-state index contributed by atoms with van der Waals surface area (Å²) >= 11 is 0. The zero-order valence-electron chi connectivity index (χ0n) is 25.6. The van der Waals surface area contributed by atoms with Crippen molar-refractivity contribution >= 4 is 17.9 Å². The van der Waals surface area contributed by atoms with Crippen molar-refractivity contribution in [1.29, 1.82) is 0 Å². The Labute approximate surface area is 264 Å². The van der Waals surface area contributed by atoms with Crippen LogP contribution in [0.3, 0.4) is 0 Å². The number of carbonyl (C=O) groups is 3. The maximum atomic E-state index is 13.5. The first-order valence-corrected chi connectivity index (χ1v) is 16.0. The molecule has 45 heavy (non-hydrogen) atoms. The molecule has 0 aliphatic carbocycles. The van der Waals surface area contributed by atoms with Gasteiger partial charge in [0.15, 0.2) is 6.10 Å². The number of likely N-dealkylation sites (tertiary alicyclic amines) is 2. The van der Waals surface area contributed by atoms with E-state index in [0.717, 1.165) is 63.0 Å². The first kappa shape index (κ1) is 30.8. The van der Waals surface area contributed by atoms with Crippen molar-refractivity contribution < 1.29 is 24.2 Å². The van der Waals surface area contributed by atoms with Crippen LogP contribution >= 0.6 is 0 Å². The number of carboxylic acids is 1. The molecule has 2 N–H and O–H groups in total. The molecule has 0 spiro atoms. The average Bonchev–Trinajstić information content (AvgIpc) is 3.54. The second-order valence-electron chi connectivity index (χ2n) is 12.6. The Kier molecular flexibility index (Phi) is 9.19. The highest BCUT2D eigenvalue weighted by Crippen LogP contribution is 2.40. The lowest BCUT2D eigenvalue weighted by Gasteiger charge is -2.45. The molecule has 3 fully saturated rings. The molecular weight excluding hydrogens is 568 g/mol. The number of ether oxygens (including phenoxy) is 1. The van der Waals surface area contributed by atoms with E-state index in [1.807, 2.05) is 59.5 Å². The Balaban J connectivity index is 1.14. The molecule has 2 atom stereocenters. The predicted molar refractivity (Wildman–Crippen MR) is 171 cm³/mol. The Hall–Kier alpha value is -4.21. The number of carbonyl (C=O) groups excluding carboxylic acids is 2. The number of morpholine rings is 1. The van der Waals surface area contributed by atoms with Crippen LogP contribution in [0.15, 0.2) is 91.0 Å². The molecule has 3 amide bonds. The van der Waals surface area contributed by atoms with Crippen LogP contribution in [-0.2, 0) is 20.5 Å². The molecule has 0 radical (unpaired) electrons. The minimum absolute atomic E-state index is 0.0313. The number of rotatable bonds is 8.